The van der Waals surface area contributed by atoms with Crippen LogP contribution in [0, 0.1) is 8.99 Å². The first-order valence-corrected chi connectivity index (χ1v) is 6.97. The normalized spacial score (nSPS) is 19.4. The van der Waals surface area contributed by atoms with E-state index in [1.807, 2.05) is 6.20 Å². The molecule has 0 spiro atoms. The highest BCUT2D eigenvalue weighted by Gasteiger charge is 2.26. The van der Waals surface area contributed by atoms with Gasteiger partial charge >= 0.3 is 0 Å². The van der Waals surface area contributed by atoms with Gasteiger partial charge in [-0.25, -0.2) is 9.97 Å². The summed E-state index contributed by atoms with van der Waals surface area (Å²) >= 11 is 2.27. The molecule has 1 saturated carbocycles. The van der Waals surface area contributed by atoms with Gasteiger partial charge in [0.25, 0.3) is 0 Å². The first-order valence-electron chi connectivity index (χ1n) is 5.89. The smallest absolute Gasteiger partial charge is 0.142 e. The van der Waals surface area contributed by atoms with Crippen molar-refractivity contribution in [3.05, 3.63) is 16.1 Å². The van der Waals surface area contributed by atoms with Crippen LogP contribution >= 0.6 is 22.6 Å². The highest BCUT2D eigenvalue weighted by atomic mass is 127. The second kappa shape index (κ2) is 5.29. The lowest BCUT2D eigenvalue weighted by Crippen LogP contribution is -2.29. The molecule has 16 heavy (non-hydrogen) atoms. The van der Waals surface area contributed by atoms with E-state index < -0.39 is 0 Å². The van der Waals surface area contributed by atoms with Gasteiger partial charge in [-0.3, -0.25) is 0 Å². The molecule has 0 radical (unpaired) electrons. The molecule has 0 atom stereocenters. The molecule has 0 bridgehead atoms. The van der Waals surface area contributed by atoms with E-state index in [0.717, 1.165) is 15.9 Å². The monoisotopic (exact) mass is 331 g/mol. The minimum Gasteiger partial charge on any atom is -0.369 e. The first kappa shape index (κ1) is 12.1. The Morgan fingerprint density at radius 2 is 2.12 bits per heavy atom. The molecule has 1 N–H and O–H groups in total. The maximum Gasteiger partial charge on any atom is 0.142 e. The number of nitrogens with one attached hydrogen (secondary N) is 1. The van der Waals surface area contributed by atoms with Gasteiger partial charge in [0.05, 0.1) is 3.57 Å². The summed E-state index contributed by atoms with van der Waals surface area (Å²) in [5, 5.41) is 3.46. The molecule has 0 aliphatic heterocycles. The van der Waals surface area contributed by atoms with Gasteiger partial charge in [0.15, 0.2) is 0 Å². The Labute approximate surface area is 111 Å². The van der Waals surface area contributed by atoms with Crippen molar-refractivity contribution in [1.82, 2.24) is 9.97 Å². The van der Waals surface area contributed by atoms with Crippen LogP contribution in [0.1, 0.15) is 39.0 Å². The number of rotatable bonds is 3. The number of nitrogens with zero attached hydrogens (tertiary/aromatic N) is 2. The van der Waals surface area contributed by atoms with Crippen molar-refractivity contribution >= 4 is 28.4 Å². The third-order valence-electron chi connectivity index (χ3n) is 3.41. The average Bonchev–Trinajstić information content (AvgIpc) is 2.29. The van der Waals surface area contributed by atoms with E-state index in [-0.39, 0.29) is 0 Å². The van der Waals surface area contributed by atoms with Crippen LogP contribution in [-0.4, -0.2) is 16.5 Å². The lowest BCUT2D eigenvalue weighted by atomic mass is 9.76. The van der Waals surface area contributed by atoms with Crippen LogP contribution in [0.25, 0.3) is 0 Å². The molecule has 1 aromatic rings. The number of hydrogen-bond acceptors (Lipinski definition) is 3. The summed E-state index contributed by atoms with van der Waals surface area (Å²) in [6.07, 6.45) is 10.3. The SMILES string of the molecule is CC1(CNc2ncncc2I)CCCCC1. The van der Waals surface area contributed by atoms with Crippen LogP contribution < -0.4 is 5.32 Å². The summed E-state index contributed by atoms with van der Waals surface area (Å²) in [5.41, 5.74) is 0.451. The predicted molar refractivity (Wildman–Crippen MR) is 74.4 cm³/mol. The Hall–Kier alpha value is -0.390. The van der Waals surface area contributed by atoms with E-state index in [1.54, 1.807) is 6.33 Å². The largest absolute Gasteiger partial charge is 0.369 e. The third-order valence-corrected chi connectivity index (χ3v) is 4.20. The molecule has 4 heteroatoms. The lowest BCUT2D eigenvalue weighted by Gasteiger charge is -2.33. The van der Waals surface area contributed by atoms with E-state index in [0.29, 0.717) is 5.41 Å². The van der Waals surface area contributed by atoms with Crippen molar-refractivity contribution in [3.63, 3.8) is 0 Å². The van der Waals surface area contributed by atoms with Crippen molar-refractivity contribution in [1.29, 1.82) is 0 Å². The fourth-order valence-electron chi connectivity index (χ4n) is 2.32. The van der Waals surface area contributed by atoms with Crippen molar-refractivity contribution in [2.75, 3.05) is 11.9 Å². The molecule has 1 aliphatic rings. The minimum atomic E-state index is 0.451. The molecular weight excluding hydrogens is 313 g/mol. The second-order valence-corrected chi connectivity index (χ2v) is 6.11. The predicted octanol–water partition coefficient (Wildman–Crippen LogP) is 3.46. The fraction of sp³-hybridized carbons (Fsp3) is 0.667. The summed E-state index contributed by atoms with van der Waals surface area (Å²) < 4.78 is 1.10. The van der Waals surface area contributed by atoms with Gasteiger partial charge in [0.1, 0.15) is 12.1 Å². The van der Waals surface area contributed by atoms with E-state index >= 15 is 0 Å². The van der Waals surface area contributed by atoms with E-state index in [4.69, 9.17) is 0 Å². The van der Waals surface area contributed by atoms with Crippen molar-refractivity contribution in [3.8, 4) is 0 Å². The van der Waals surface area contributed by atoms with Crippen LogP contribution in [0.3, 0.4) is 0 Å². The summed E-state index contributed by atoms with van der Waals surface area (Å²) in [4.78, 5) is 8.26. The molecule has 0 amide bonds. The van der Waals surface area contributed by atoms with Crippen molar-refractivity contribution in [2.45, 2.75) is 39.0 Å². The van der Waals surface area contributed by atoms with E-state index in [9.17, 15) is 0 Å². The maximum atomic E-state index is 4.26. The molecule has 0 aromatic carbocycles. The van der Waals surface area contributed by atoms with Crippen LogP contribution in [-0.2, 0) is 0 Å². The van der Waals surface area contributed by atoms with E-state index in [1.165, 1.54) is 32.1 Å². The molecule has 1 heterocycles. The number of hydrogen-bond donors (Lipinski definition) is 1. The molecule has 2 rings (SSSR count). The van der Waals surface area contributed by atoms with Gasteiger partial charge < -0.3 is 5.32 Å². The van der Waals surface area contributed by atoms with Gasteiger partial charge in [-0.05, 0) is 40.8 Å². The number of aromatic nitrogens is 2. The summed E-state index contributed by atoms with van der Waals surface area (Å²) in [5.74, 6) is 0.974. The molecular formula is C12H18IN3. The molecule has 1 fully saturated rings. The van der Waals surface area contributed by atoms with Gasteiger partial charge in [0, 0.05) is 12.7 Å². The Balaban J connectivity index is 1.94. The number of anilines is 1. The molecule has 1 aliphatic carbocycles. The number of halogens is 1. The van der Waals surface area contributed by atoms with Crippen molar-refractivity contribution in [2.24, 2.45) is 5.41 Å². The van der Waals surface area contributed by atoms with Crippen LogP contribution in [0.4, 0.5) is 5.82 Å². The molecule has 1 aromatic heterocycles. The molecule has 0 saturated heterocycles. The first-order chi connectivity index (χ1) is 7.70. The highest BCUT2D eigenvalue weighted by Crippen LogP contribution is 2.35. The van der Waals surface area contributed by atoms with Gasteiger partial charge in [-0.15, -0.1) is 0 Å². The zero-order valence-corrected chi connectivity index (χ0v) is 11.8. The lowest BCUT2D eigenvalue weighted by molar-refractivity contribution is 0.233. The van der Waals surface area contributed by atoms with Gasteiger partial charge in [-0.2, -0.15) is 0 Å². The quantitative estimate of drug-likeness (QED) is 0.862. The van der Waals surface area contributed by atoms with Crippen molar-refractivity contribution < 1.29 is 0 Å². The Morgan fingerprint density at radius 1 is 1.38 bits per heavy atom. The molecule has 3 nitrogen and oxygen atoms in total. The molecule has 88 valence electrons. The Bertz CT molecular complexity index is 348. The summed E-state index contributed by atoms with van der Waals surface area (Å²) in [6, 6.07) is 0. The standard InChI is InChI=1S/C12H18IN3/c1-12(5-3-2-4-6-12)8-15-11-10(13)7-14-9-16-11/h7,9H,2-6,8H2,1H3,(H,14,15,16). The minimum absolute atomic E-state index is 0.451. The Morgan fingerprint density at radius 3 is 2.81 bits per heavy atom. The van der Waals surface area contributed by atoms with E-state index in [2.05, 4.69) is 44.8 Å². The topological polar surface area (TPSA) is 37.8 Å². The zero-order valence-electron chi connectivity index (χ0n) is 9.67. The molecule has 0 unspecified atom stereocenters. The van der Waals surface area contributed by atoms with Crippen LogP contribution in [0.2, 0.25) is 0 Å². The highest BCUT2D eigenvalue weighted by molar-refractivity contribution is 14.1. The van der Waals surface area contributed by atoms with Crippen LogP contribution in [0.5, 0.6) is 0 Å². The summed E-state index contributed by atoms with van der Waals surface area (Å²) in [6.45, 7) is 3.41. The summed E-state index contributed by atoms with van der Waals surface area (Å²) in [7, 11) is 0. The zero-order chi connectivity index (χ0) is 11.4. The maximum absolute atomic E-state index is 4.26. The average molecular weight is 331 g/mol. The van der Waals surface area contributed by atoms with Crippen LogP contribution in [0.15, 0.2) is 12.5 Å². The van der Waals surface area contributed by atoms with Gasteiger partial charge in [0.2, 0.25) is 0 Å². The Kier molecular flexibility index (Phi) is 4.00. The van der Waals surface area contributed by atoms with Gasteiger partial charge in [-0.1, -0.05) is 26.2 Å². The second-order valence-electron chi connectivity index (χ2n) is 4.94. The third kappa shape index (κ3) is 3.06. The fourth-order valence-corrected chi connectivity index (χ4v) is 2.81.